The average Bonchev–Trinajstić information content (AvgIpc) is 2.94. The van der Waals surface area contributed by atoms with Gasteiger partial charge in [-0.05, 0) is 54.7 Å². The van der Waals surface area contributed by atoms with Crippen LogP contribution in [0.4, 0.5) is 11.4 Å². The molecule has 102 valence electrons. The second kappa shape index (κ2) is 5.37. The van der Waals surface area contributed by atoms with Gasteiger partial charge in [0.25, 0.3) is 5.91 Å². The summed E-state index contributed by atoms with van der Waals surface area (Å²) < 4.78 is 0. The maximum atomic E-state index is 12.3. The zero-order valence-corrected chi connectivity index (χ0v) is 11.6. The Labute approximate surface area is 119 Å². The third-order valence-corrected chi connectivity index (χ3v) is 3.80. The van der Waals surface area contributed by atoms with Crippen molar-refractivity contribution in [3.8, 4) is 0 Å². The van der Waals surface area contributed by atoms with Crippen molar-refractivity contribution in [1.29, 1.82) is 0 Å². The lowest BCUT2D eigenvalue weighted by Crippen LogP contribution is -2.14. The molecule has 3 heteroatoms. The Morgan fingerprint density at radius 3 is 2.70 bits per heavy atom. The molecule has 3 rings (SSSR count). The first-order chi connectivity index (χ1) is 9.78. The lowest BCUT2D eigenvalue weighted by atomic mass is 10.1. The number of para-hydroxylation sites is 1. The third kappa shape index (κ3) is 2.39. The van der Waals surface area contributed by atoms with E-state index in [2.05, 4.69) is 22.8 Å². The number of amides is 1. The fourth-order valence-electron chi connectivity index (χ4n) is 2.75. The van der Waals surface area contributed by atoms with Gasteiger partial charge in [0.05, 0.1) is 5.56 Å². The van der Waals surface area contributed by atoms with Gasteiger partial charge in [0, 0.05) is 18.4 Å². The third-order valence-electron chi connectivity index (χ3n) is 3.80. The molecule has 0 radical (unpaired) electrons. The van der Waals surface area contributed by atoms with Crippen molar-refractivity contribution < 1.29 is 4.79 Å². The fraction of sp³-hybridized carbons (Fsp3) is 0.235. The Morgan fingerprint density at radius 2 is 1.85 bits per heavy atom. The monoisotopic (exact) mass is 266 g/mol. The highest BCUT2D eigenvalue weighted by Crippen LogP contribution is 2.25. The summed E-state index contributed by atoms with van der Waals surface area (Å²) in [6.45, 7) is 0. The predicted octanol–water partition coefficient (Wildman–Crippen LogP) is 3.47. The van der Waals surface area contributed by atoms with E-state index in [4.69, 9.17) is 0 Å². The number of nitrogens with one attached hydrogen (secondary N) is 2. The molecule has 0 aromatic heterocycles. The fourth-order valence-corrected chi connectivity index (χ4v) is 2.75. The van der Waals surface area contributed by atoms with Crippen LogP contribution in [-0.4, -0.2) is 13.0 Å². The minimum atomic E-state index is -0.0760. The van der Waals surface area contributed by atoms with Gasteiger partial charge >= 0.3 is 0 Å². The van der Waals surface area contributed by atoms with Gasteiger partial charge in [-0.1, -0.05) is 18.2 Å². The number of carbonyl (C=O) groups excluding carboxylic acids is 1. The van der Waals surface area contributed by atoms with E-state index in [-0.39, 0.29) is 5.91 Å². The van der Waals surface area contributed by atoms with Crippen molar-refractivity contribution in [2.75, 3.05) is 17.7 Å². The second-order valence-electron chi connectivity index (χ2n) is 5.09. The van der Waals surface area contributed by atoms with Crippen LogP contribution in [0.5, 0.6) is 0 Å². The van der Waals surface area contributed by atoms with E-state index in [1.54, 1.807) is 0 Å². The largest absolute Gasteiger partial charge is 0.387 e. The van der Waals surface area contributed by atoms with E-state index >= 15 is 0 Å². The molecule has 2 aromatic rings. The molecule has 20 heavy (non-hydrogen) atoms. The molecule has 0 atom stereocenters. The standard InChI is InChI=1S/C17H18N2O/c1-18-16-8-3-2-7-15(16)17(20)19-14-10-9-12-5-4-6-13(12)11-14/h2-3,7-11,18H,4-6H2,1H3,(H,19,20). The molecule has 0 saturated heterocycles. The molecule has 1 aliphatic rings. The minimum Gasteiger partial charge on any atom is -0.387 e. The first-order valence-electron chi connectivity index (χ1n) is 6.98. The summed E-state index contributed by atoms with van der Waals surface area (Å²) in [4.78, 5) is 12.3. The molecule has 1 aliphatic carbocycles. The molecule has 0 heterocycles. The molecule has 2 N–H and O–H groups in total. The molecule has 0 unspecified atom stereocenters. The molecule has 3 nitrogen and oxygen atoms in total. The van der Waals surface area contributed by atoms with Gasteiger partial charge in [-0.2, -0.15) is 0 Å². The van der Waals surface area contributed by atoms with Crippen LogP contribution in [-0.2, 0) is 12.8 Å². The molecular weight excluding hydrogens is 248 g/mol. The topological polar surface area (TPSA) is 41.1 Å². The Balaban J connectivity index is 1.82. The second-order valence-corrected chi connectivity index (χ2v) is 5.09. The highest BCUT2D eigenvalue weighted by atomic mass is 16.1. The summed E-state index contributed by atoms with van der Waals surface area (Å²) in [6.07, 6.45) is 3.49. The van der Waals surface area contributed by atoms with E-state index < -0.39 is 0 Å². The van der Waals surface area contributed by atoms with Gasteiger partial charge in [-0.25, -0.2) is 0 Å². The zero-order chi connectivity index (χ0) is 13.9. The molecule has 0 saturated carbocycles. The summed E-state index contributed by atoms with van der Waals surface area (Å²) in [5.74, 6) is -0.0760. The smallest absolute Gasteiger partial charge is 0.257 e. The number of fused-ring (bicyclic) bond motifs is 1. The number of hydrogen-bond acceptors (Lipinski definition) is 2. The maximum absolute atomic E-state index is 12.3. The summed E-state index contributed by atoms with van der Waals surface area (Å²) in [6, 6.07) is 13.7. The van der Waals surface area contributed by atoms with Crippen LogP contribution in [0.2, 0.25) is 0 Å². The number of benzene rings is 2. The summed E-state index contributed by atoms with van der Waals surface area (Å²) in [5.41, 5.74) is 5.16. The Morgan fingerprint density at radius 1 is 1.05 bits per heavy atom. The molecular formula is C17H18N2O. The van der Waals surface area contributed by atoms with E-state index in [1.165, 1.54) is 17.5 Å². The lowest BCUT2D eigenvalue weighted by Gasteiger charge is -2.10. The highest BCUT2D eigenvalue weighted by molar-refractivity contribution is 6.08. The van der Waals surface area contributed by atoms with E-state index in [0.29, 0.717) is 5.56 Å². The normalized spacial score (nSPS) is 12.8. The average molecular weight is 266 g/mol. The van der Waals surface area contributed by atoms with Crippen molar-refractivity contribution in [3.05, 3.63) is 59.2 Å². The molecule has 2 aromatic carbocycles. The van der Waals surface area contributed by atoms with Gasteiger partial charge < -0.3 is 10.6 Å². The molecule has 1 amide bonds. The Hall–Kier alpha value is -2.29. The van der Waals surface area contributed by atoms with Crippen LogP contribution < -0.4 is 10.6 Å². The number of carbonyl (C=O) groups is 1. The number of aryl methyl sites for hydroxylation is 2. The molecule has 0 bridgehead atoms. The highest BCUT2D eigenvalue weighted by Gasteiger charge is 2.13. The molecule has 0 spiro atoms. The summed E-state index contributed by atoms with van der Waals surface area (Å²) >= 11 is 0. The van der Waals surface area contributed by atoms with Gasteiger partial charge in [0.15, 0.2) is 0 Å². The van der Waals surface area contributed by atoms with E-state index in [0.717, 1.165) is 24.2 Å². The van der Waals surface area contributed by atoms with Crippen LogP contribution >= 0.6 is 0 Å². The molecule has 0 fully saturated rings. The minimum absolute atomic E-state index is 0.0760. The van der Waals surface area contributed by atoms with Crippen molar-refractivity contribution in [1.82, 2.24) is 0 Å². The quantitative estimate of drug-likeness (QED) is 0.893. The van der Waals surface area contributed by atoms with Crippen LogP contribution in [0.3, 0.4) is 0 Å². The Bertz CT molecular complexity index is 649. The Kier molecular flexibility index (Phi) is 3.42. The van der Waals surface area contributed by atoms with Gasteiger partial charge in [-0.15, -0.1) is 0 Å². The van der Waals surface area contributed by atoms with Gasteiger partial charge in [0.1, 0.15) is 0 Å². The SMILES string of the molecule is CNc1ccccc1C(=O)Nc1ccc2c(c1)CCC2. The van der Waals surface area contributed by atoms with E-state index in [9.17, 15) is 4.79 Å². The van der Waals surface area contributed by atoms with E-state index in [1.807, 2.05) is 37.4 Å². The zero-order valence-electron chi connectivity index (χ0n) is 11.6. The van der Waals surface area contributed by atoms with Gasteiger partial charge in [0.2, 0.25) is 0 Å². The van der Waals surface area contributed by atoms with Crippen LogP contribution in [0.15, 0.2) is 42.5 Å². The van der Waals surface area contributed by atoms with Crippen LogP contribution in [0, 0.1) is 0 Å². The molecule has 0 aliphatic heterocycles. The van der Waals surface area contributed by atoms with Gasteiger partial charge in [-0.3, -0.25) is 4.79 Å². The number of hydrogen-bond donors (Lipinski definition) is 2. The number of anilines is 2. The van der Waals surface area contributed by atoms with Crippen molar-refractivity contribution >= 4 is 17.3 Å². The predicted molar refractivity (Wildman–Crippen MR) is 82.4 cm³/mol. The van der Waals surface area contributed by atoms with Crippen LogP contribution in [0.1, 0.15) is 27.9 Å². The van der Waals surface area contributed by atoms with Crippen LogP contribution in [0.25, 0.3) is 0 Å². The maximum Gasteiger partial charge on any atom is 0.257 e. The first-order valence-corrected chi connectivity index (χ1v) is 6.98. The van der Waals surface area contributed by atoms with Crippen molar-refractivity contribution in [3.63, 3.8) is 0 Å². The first kappa shape index (κ1) is 12.7. The van der Waals surface area contributed by atoms with Crippen molar-refractivity contribution in [2.24, 2.45) is 0 Å². The lowest BCUT2D eigenvalue weighted by molar-refractivity contribution is 0.102. The number of rotatable bonds is 3. The van der Waals surface area contributed by atoms with Crippen molar-refractivity contribution in [2.45, 2.75) is 19.3 Å². The summed E-state index contributed by atoms with van der Waals surface area (Å²) in [5, 5.41) is 6.03. The summed E-state index contributed by atoms with van der Waals surface area (Å²) in [7, 11) is 1.82.